The molecule has 14 heavy (non-hydrogen) atoms. The summed E-state index contributed by atoms with van der Waals surface area (Å²) in [6.07, 6.45) is 1.10. The second-order valence-corrected chi connectivity index (χ2v) is 5.08. The van der Waals surface area contributed by atoms with Crippen molar-refractivity contribution in [1.82, 2.24) is 0 Å². The average molecular weight is 186 g/mol. The summed E-state index contributed by atoms with van der Waals surface area (Å²) in [5.41, 5.74) is 2.43. The average Bonchev–Trinajstić information content (AvgIpc) is 2.95. The summed E-state index contributed by atoms with van der Waals surface area (Å²) in [6.45, 7) is 4.53. The van der Waals surface area contributed by atoms with Crippen molar-refractivity contribution in [3.63, 3.8) is 0 Å². The summed E-state index contributed by atoms with van der Waals surface area (Å²) in [4.78, 5) is 11.9. The van der Waals surface area contributed by atoms with Crippen molar-refractivity contribution < 1.29 is 4.79 Å². The van der Waals surface area contributed by atoms with Crippen LogP contribution in [0, 0.1) is 11.8 Å². The molecule has 2 atom stereocenters. The second kappa shape index (κ2) is 2.28. The number of carbonyl (C=O) groups is 1. The third-order valence-corrected chi connectivity index (χ3v) is 3.94. The fourth-order valence-electron chi connectivity index (χ4n) is 2.94. The van der Waals surface area contributed by atoms with Crippen molar-refractivity contribution in [3.8, 4) is 0 Å². The van der Waals surface area contributed by atoms with Gasteiger partial charge in [-0.1, -0.05) is 38.1 Å². The van der Waals surface area contributed by atoms with Gasteiger partial charge in [0.15, 0.2) is 5.78 Å². The number of carbonyl (C=O) groups excluding carboxylic acids is 1. The van der Waals surface area contributed by atoms with Crippen LogP contribution in [0.2, 0.25) is 0 Å². The molecule has 1 nitrogen and oxygen atoms in total. The van der Waals surface area contributed by atoms with Gasteiger partial charge in [-0.05, 0) is 23.3 Å². The highest BCUT2D eigenvalue weighted by molar-refractivity contribution is 6.03. The van der Waals surface area contributed by atoms with E-state index in [4.69, 9.17) is 0 Å². The maximum absolute atomic E-state index is 11.9. The molecule has 2 aliphatic rings. The predicted molar refractivity (Wildman–Crippen MR) is 55.4 cm³/mol. The number of ketones is 1. The van der Waals surface area contributed by atoms with E-state index in [9.17, 15) is 4.79 Å². The lowest BCUT2D eigenvalue weighted by molar-refractivity contribution is 0.0939. The molecule has 0 saturated heterocycles. The lowest BCUT2D eigenvalue weighted by atomic mass is 9.72. The molecule has 1 saturated carbocycles. The van der Waals surface area contributed by atoms with E-state index in [0.717, 1.165) is 12.0 Å². The summed E-state index contributed by atoms with van der Waals surface area (Å²) in [5, 5.41) is 0. The minimum absolute atomic E-state index is 0.204. The van der Waals surface area contributed by atoms with Crippen molar-refractivity contribution in [3.05, 3.63) is 35.4 Å². The van der Waals surface area contributed by atoms with Crippen molar-refractivity contribution in [2.45, 2.75) is 25.7 Å². The van der Waals surface area contributed by atoms with E-state index < -0.39 is 0 Å². The van der Waals surface area contributed by atoms with Crippen LogP contribution < -0.4 is 0 Å². The minimum Gasteiger partial charge on any atom is -0.294 e. The monoisotopic (exact) mass is 186 g/mol. The van der Waals surface area contributed by atoms with Gasteiger partial charge in [-0.3, -0.25) is 4.79 Å². The van der Waals surface area contributed by atoms with Crippen LogP contribution in [0.15, 0.2) is 24.3 Å². The first kappa shape index (κ1) is 8.22. The lowest BCUT2D eigenvalue weighted by Crippen LogP contribution is -2.30. The summed E-state index contributed by atoms with van der Waals surface area (Å²) < 4.78 is 0. The van der Waals surface area contributed by atoms with E-state index in [0.29, 0.717) is 17.6 Å². The Morgan fingerprint density at radius 3 is 2.79 bits per heavy atom. The quantitative estimate of drug-likeness (QED) is 0.609. The summed E-state index contributed by atoms with van der Waals surface area (Å²) in [5.74, 6) is 1.31. The molecular weight excluding hydrogens is 172 g/mol. The summed E-state index contributed by atoms with van der Waals surface area (Å²) in [6, 6.07) is 8.10. The second-order valence-electron chi connectivity index (χ2n) is 5.08. The molecule has 0 aromatic heterocycles. The molecule has 1 aromatic rings. The van der Waals surface area contributed by atoms with Gasteiger partial charge in [0, 0.05) is 11.5 Å². The highest BCUT2D eigenvalue weighted by Crippen LogP contribution is 2.57. The topological polar surface area (TPSA) is 17.1 Å². The van der Waals surface area contributed by atoms with Crippen LogP contribution in [0.1, 0.15) is 36.2 Å². The molecular formula is C13H14O. The number of hydrogen-bond donors (Lipinski definition) is 0. The molecule has 0 spiro atoms. The van der Waals surface area contributed by atoms with Crippen LogP contribution in [0.5, 0.6) is 0 Å². The summed E-state index contributed by atoms with van der Waals surface area (Å²) in [7, 11) is 0. The maximum Gasteiger partial charge on any atom is 0.166 e. The highest BCUT2D eigenvalue weighted by atomic mass is 16.1. The Morgan fingerprint density at radius 1 is 1.29 bits per heavy atom. The van der Waals surface area contributed by atoms with Crippen molar-refractivity contribution in [2.75, 3.05) is 0 Å². The summed E-state index contributed by atoms with van der Waals surface area (Å²) >= 11 is 0. The molecule has 1 aromatic carbocycles. The van der Waals surface area contributed by atoms with E-state index >= 15 is 0 Å². The first-order valence-corrected chi connectivity index (χ1v) is 5.26. The minimum atomic E-state index is 0.204. The Kier molecular flexibility index (Phi) is 1.34. The van der Waals surface area contributed by atoms with Gasteiger partial charge in [0.1, 0.15) is 0 Å². The van der Waals surface area contributed by atoms with Gasteiger partial charge in [0.25, 0.3) is 0 Å². The lowest BCUT2D eigenvalue weighted by Gasteiger charge is -2.31. The molecule has 2 aliphatic carbocycles. The number of Topliss-reactive ketones (excluding diaryl/α,β-unsaturated/α-hetero) is 1. The molecule has 3 rings (SSSR count). The molecule has 0 aliphatic heterocycles. The van der Waals surface area contributed by atoms with Gasteiger partial charge < -0.3 is 0 Å². The van der Waals surface area contributed by atoms with Crippen molar-refractivity contribution in [1.29, 1.82) is 0 Å². The van der Waals surface area contributed by atoms with Crippen LogP contribution >= 0.6 is 0 Å². The zero-order valence-corrected chi connectivity index (χ0v) is 8.58. The van der Waals surface area contributed by atoms with Gasteiger partial charge in [-0.25, -0.2) is 0 Å². The third-order valence-electron chi connectivity index (χ3n) is 3.94. The zero-order chi connectivity index (χ0) is 9.92. The molecule has 0 heterocycles. The molecule has 72 valence electrons. The number of fused-ring (bicyclic) bond motifs is 2. The zero-order valence-electron chi connectivity index (χ0n) is 8.58. The molecule has 0 unspecified atom stereocenters. The highest BCUT2D eigenvalue weighted by Gasteiger charge is 2.56. The van der Waals surface area contributed by atoms with Gasteiger partial charge >= 0.3 is 0 Å². The number of hydrogen-bond acceptors (Lipinski definition) is 1. The van der Waals surface area contributed by atoms with Gasteiger partial charge in [0.2, 0.25) is 0 Å². The number of benzene rings is 1. The molecule has 1 fully saturated rings. The fourth-order valence-corrected chi connectivity index (χ4v) is 2.94. The predicted octanol–water partition coefficient (Wildman–Crippen LogP) is 2.80. The van der Waals surface area contributed by atoms with E-state index in [2.05, 4.69) is 19.9 Å². The Labute approximate surface area is 84.1 Å². The third kappa shape index (κ3) is 0.827. The van der Waals surface area contributed by atoms with Gasteiger partial charge in [-0.15, -0.1) is 0 Å². The van der Waals surface area contributed by atoms with E-state index in [1.807, 2.05) is 18.2 Å². The van der Waals surface area contributed by atoms with Gasteiger partial charge in [0.05, 0.1) is 0 Å². The van der Waals surface area contributed by atoms with E-state index in [1.54, 1.807) is 0 Å². The van der Waals surface area contributed by atoms with Crippen molar-refractivity contribution >= 4 is 5.78 Å². The van der Waals surface area contributed by atoms with Crippen LogP contribution in [-0.4, -0.2) is 5.78 Å². The Bertz CT molecular complexity index is 417. The molecule has 0 N–H and O–H groups in total. The first-order valence-electron chi connectivity index (χ1n) is 5.26. The van der Waals surface area contributed by atoms with Gasteiger partial charge in [-0.2, -0.15) is 0 Å². The molecule has 0 amide bonds. The van der Waals surface area contributed by atoms with Crippen LogP contribution in [0.3, 0.4) is 0 Å². The standard InChI is InChI=1S/C13H14O/c1-13(2)10-6-4-3-5-8(10)12(14)9-7-11(9)13/h3-6,9,11H,7H2,1-2H3/t9-,11+/m0/s1. The molecule has 0 radical (unpaired) electrons. The van der Waals surface area contributed by atoms with Crippen LogP contribution in [0.25, 0.3) is 0 Å². The van der Waals surface area contributed by atoms with E-state index in [1.165, 1.54) is 5.56 Å². The van der Waals surface area contributed by atoms with E-state index in [-0.39, 0.29) is 5.41 Å². The Balaban J connectivity index is 2.26. The smallest absolute Gasteiger partial charge is 0.166 e. The largest absolute Gasteiger partial charge is 0.294 e. The Morgan fingerprint density at radius 2 is 2.00 bits per heavy atom. The fraction of sp³-hybridized carbons (Fsp3) is 0.462. The first-order chi connectivity index (χ1) is 6.62. The van der Waals surface area contributed by atoms with Crippen LogP contribution in [0.4, 0.5) is 0 Å². The normalized spacial score (nSPS) is 32.0. The molecule has 1 heteroatoms. The SMILES string of the molecule is CC1(C)c2ccccc2C(=O)[C@H]2C[C@H]21. The maximum atomic E-state index is 11.9. The molecule has 0 bridgehead atoms. The van der Waals surface area contributed by atoms with Crippen molar-refractivity contribution in [2.24, 2.45) is 11.8 Å². The van der Waals surface area contributed by atoms with Crippen LogP contribution in [-0.2, 0) is 5.41 Å². The number of rotatable bonds is 0. The Hall–Kier alpha value is -1.11.